The summed E-state index contributed by atoms with van der Waals surface area (Å²) in [6.45, 7) is 3.64. The van der Waals surface area contributed by atoms with Crippen molar-refractivity contribution in [2.75, 3.05) is 26.1 Å². The highest BCUT2D eigenvalue weighted by Gasteiger charge is 2.28. The maximum absolute atomic E-state index is 12.6. The Kier molecular flexibility index (Phi) is 8.64. The summed E-state index contributed by atoms with van der Waals surface area (Å²) in [5.74, 6) is -1.26. The van der Waals surface area contributed by atoms with Crippen LogP contribution >= 0.6 is 11.3 Å². The van der Waals surface area contributed by atoms with Gasteiger partial charge in [0.15, 0.2) is 11.5 Å². The number of nitrogens with one attached hydrogen (secondary N) is 2. The lowest BCUT2D eigenvalue weighted by Gasteiger charge is -2.10. The Morgan fingerprint density at radius 2 is 1.76 bits per heavy atom. The zero-order chi connectivity index (χ0) is 24.7. The summed E-state index contributed by atoms with van der Waals surface area (Å²) in [6, 6.07) is 5.20. The van der Waals surface area contributed by atoms with Gasteiger partial charge in [-0.25, -0.2) is 10.2 Å². The minimum atomic E-state index is -0.946. The third-order valence-corrected chi connectivity index (χ3v) is 6.67. The van der Waals surface area contributed by atoms with E-state index in [9.17, 15) is 14.4 Å². The molecular formula is C24H29N3O6S. The van der Waals surface area contributed by atoms with E-state index in [1.165, 1.54) is 25.6 Å². The number of thiophene rings is 1. The Bertz CT molecular complexity index is 1110. The molecule has 34 heavy (non-hydrogen) atoms. The third kappa shape index (κ3) is 5.74. The minimum Gasteiger partial charge on any atom is -0.493 e. The molecule has 1 aromatic heterocycles. The molecule has 10 heteroatoms. The van der Waals surface area contributed by atoms with Crippen LogP contribution in [-0.4, -0.2) is 44.3 Å². The molecule has 0 spiro atoms. The van der Waals surface area contributed by atoms with E-state index in [2.05, 4.69) is 15.8 Å². The smallest absolute Gasteiger partial charge is 0.341 e. The van der Waals surface area contributed by atoms with Gasteiger partial charge in [0.1, 0.15) is 5.00 Å². The van der Waals surface area contributed by atoms with Gasteiger partial charge in [-0.15, -0.1) is 11.3 Å². The van der Waals surface area contributed by atoms with Gasteiger partial charge in [-0.1, -0.05) is 6.42 Å². The van der Waals surface area contributed by atoms with Gasteiger partial charge in [-0.05, 0) is 63.3 Å². The lowest BCUT2D eigenvalue weighted by atomic mass is 10.1. The number of hydrogen-bond acceptors (Lipinski definition) is 8. The fraction of sp³-hybridized carbons (Fsp3) is 0.417. The van der Waals surface area contributed by atoms with Crippen LogP contribution in [0.3, 0.4) is 0 Å². The van der Waals surface area contributed by atoms with E-state index in [0.717, 1.165) is 42.5 Å². The molecule has 9 nitrogen and oxygen atoms in total. The Morgan fingerprint density at radius 1 is 1.03 bits per heavy atom. The summed E-state index contributed by atoms with van der Waals surface area (Å²) >= 11 is 1.33. The summed E-state index contributed by atoms with van der Waals surface area (Å²) in [6.07, 6.45) is 4.66. The highest BCUT2D eigenvalue weighted by atomic mass is 32.1. The number of aryl methyl sites for hydroxylation is 1. The lowest BCUT2D eigenvalue weighted by molar-refractivity contribution is -0.136. The van der Waals surface area contributed by atoms with Gasteiger partial charge in [0.05, 0.1) is 32.1 Å². The third-order valence-electron chi connectivity index (χ3n) is 5.46. The predicted molar refractivity (Wildman–Crippen MR) is 130 cm³/mol. The fourth-order valence-corrected chi connectivity index (χ4v) is 4.99. The molecule has 1 aromatic carbocycles. The van der Waals surface area contributed by atoms with Gasteiger partial charge >= 0.3 is 17.8 Å². The number of ether oxygens (including phenoxy) is 3. The van der Waals surface area contributed by atoms with Crippen LogP contribution in [-0.2, 0) is 27.2 Å². The first-order valence-corrected chi connectivity index (χ1v) is 11.9. The Morgan fingerprint density at radius 3 is 2.47 bits per heavy atom. The number of benzene rings is 1. The van der Waals surface area contributed by atoms with E-state index in [1.54, 1.807) is 32.0 Å². The van der Waals surface area contributed by atoms with Crippen molar-refractivity contribution in [1.29, 1.82) is 0 Å². The highest BCUT2D eigenvalue weighted by Crippen LogP contribution is 2.38. The summed E-state index contributed by atoms with van der Waals surface area (Å²) in [7, 11) is 3.06. The second-order valence-electron chi connectivity index (χ2n) is 7.65. The summed E-state index contributed by atoms with van der Waals surface area (Å²) < 4.78 is 15.7. The number of methoxy groups -OCH3 is 2. The van der Waals surface area contributed by atoms with Crippen molar-refractivity contribution in [1.82, 2.24) is 5.43 Å². The average molecular weight is 488 g/mol. The molecule has 0 unspecified atom stereocenters. The molecule has 3 rings (SSSR count). The van der Waals surface area contributed by atoms with Crippen LogP contribution in [0.25, 0.3) is 0 Å². The molecule has 2 N–H and O–H groups in total. The zero-order valence-corrected chi connectivity index (χ0v) is 20.6. The van der Waals surface area contributed by atoms with E-state index < -0.39 is 17.8 Å². The van der Waals surface area contributed by atoms with Crippen LogP contribution < -0.4 is 20.2 Å². The number of carbonyl (C=O) groups is 3. The number of carbonyl (C=O) groups excluding carboxylic acids is 3. The van der Waals surface area contributed by atoms with Crippen molar-refractivity contribution >= 4 is 39.8 Å². The summed E-state index contributed by atoms with van der Waals surface area (Å²) in [5.41, 5.74) is 4.69. The minimum absolute atomic E-state index is 0.224. The van der Waals surface area contributed by atoms with Crippen molar-refractivity contribution in [2.24, 2.45) is 5.10 Å². The number of amides is 2. The molecule has 182 valence electrons. The lowest BCUT2D eigenvalue weighted by Crippen LogP contribution is -2.33. The number of hydrazone groups is 1. The SMILES string of the molecule is CCOC(=O)c1c(NC(=O)C(=O)N/N=C(\C)c2ccc(OC)c(OC)c2)sc2c1CCCCC2. The number of hydrogen-bond donors (Lipinski definition) is 2. The van der Waals surface area contributed by atoms with Gasteiger partial charge in [-0.2, -0.15) is 5.10 Å². The number of rotatable bonds is 7. The maximum atomic E-state index is 12.6. The zero-order valence-electron chi connectivity index (χ0n) is 19.8. The Hall–Kier alpha value is -3.40. The molecule has 2 amide bonds. The molecule has 1 aliphatic carbocycles. The molecule has 1 heterocycles. The molecule has 0 saturated heterocycles. The second kappa shape index (κ2) is 11.6. The van der Waals surface area contributed by atoms with E-state index in [4.69, 9.17) is 14.2 Å². The molecule has 0 aliphatic heterocycles. The number of anilines is 1. The van der Waals surface area contributed by atoms with Gasteiger partial charge in [0.25, 0.3) is 0 Å². The fourth-order valence-electron chi connectivity index (χ4n) is 3.72. The van der Waals surface area contributed by atoms with Crippen molar-refractivity contribution in [3.8, 4) is 11.5 Å². The van der Waals surface area contributed by atoms with Gasteiger partial charge in [0, 0.05) is 10.4 Å². The quantitative estimate of drug-likeness (QED) is 0.202. The second-order valence-corrected chi connectivity index (χ2v) is 8.76. The first-order chi connectivity index (χ1) is 16.4. The van der Waals surface area contributed by atoms with Gasteiger partial charge < -0.3 is 19.5 Å². The first-order valence-electron chi connectivity index (χ1n) is 11.1. The van der Waals surface area contributed by atoms with Crippen LogP contribution in [0.2, 0.25) is 0 Å². The molecule has 2 aromatic rings. The van der Waals surface area contributed by atoms with E-state index >= 15 is 0 Å². The van der Waals surface area contributed by atoms with Crippen molar-refractivity contribution in [3.63, 3.8) is 0 Å². The first kappa shape index (κ1) is 25.2. The van der Waals surface area contributed by atoms with Crippen molar-refractivity contribution in [2.45, 2.75) is 46.0 Å². The highest BCUT2D eigenvalue weighted by molar-refractivity contribution is 7.17. The molecule has 0 bridgehead atoms. The average Bonchev–Trinajstić information content (AvgIpc) is 3.01. The normalized spacial score (nSPS) is 13.4. The molecule has 0 saturated carbocycles. The Labute approximate surface area is 202 Å². The standard InChI is InChI=1S/C24H29N3O6S/c1-5-33-24(30)20-16-9-7-6-8-10-19(16)34-23(20)25-21(28)22(29)27-26-14(2)15-11-12-17(31-3)18(13-15)32-4/h11-13H,5-10H2,1-4H3,(H,25,28)(H,27,29)/b26-14+. The molecule has 1 aliphatic rings. The molecule has 0 fully saturated rings. The monoisotopic (exact) mass is 487 g/mol. The predicted octanol–water partition coefficient (Wildman–Crippen LogP) is 3.69. The largest absolute Gasteiger partial charge is 0.493 e. The number of esters is 1. The van der Waals surface area contributed by atoms with Crippen molar-refractivity contribution in [3.05, 3.63) is 39.8 Å². The number of fused-ring (bicyclic) bond motifs is 1. The van der Waals surface area contributed by atoms with Crippen LogP contribution in [0.5, 0.6) is 11.5 Å². The summed E-state index contributed by atoms with van der Waals surface area (Å²) in [5, 5.41) is 6.95. The Balaban J connectivity index is 1.74. The van der Waals surface area contributed by atoms with Crippen LogP contribution in [0.15, 0.2) is 23.3 Å². The van der Waals surface area contributed by atoms with E-state index in [0.29, 0.717) is 33.3 Å². The van der Waals surface area contributed by atoms with E-state index in [-0.39, 0.29) is 6.61 Å². The van der Waals surface area contributed by atoms with Crippen LogP contribution in [0.1, 0.15) is 59.5 Å². The molecular weight excluding hydrogens is 458 g/mol. The number of nitrogens with zero attached hydrogens (tertiary/aromatic N) is 1. The van der Waals surface area contributed by atoms with Gasteiger partial charge in [-0.3, -0.25) is 9.59 Å². The molecule has 0 atom stereocenters. The van der Waals surface area contributed by atoms with Crippen LogP contribution in [0, 0.1) is 0 Å². The van der Waals surface area contributed by atoms with Crippen LogP contribution in [0.4, 0.5) is 5.00 Å². The molecule has 0 radical (unpaired) electrons. The maximum Gasteiger partial charge on any atom is 0.341 e. The van der Waals surface area contributed by atoms with Crippen molar-refractivity contribution < 1.29 is 28.6 Å². The van der Waals surface area contributed by atoms with Gasteiger partial charge in [0.2, 0.25) is 0 Å². The topological polar surface area (TPSA) is 115 Å². The van der Waals surface area contributed by atoms with E-state index in [1.807, 2.05) is 0 Å². The summed E-state index contributed by atoms with van der Waals surface area (Å²) in [4.78, 5) is 38.7.